The van der Waals surface area contributed by atoms with E-state index in [1.165, 1.54) is 32.1 Å². The average molecular weight is 260 g/mol. The van der Waals surface area contributed by atoms with Gasteiger partial charge in [0.25, 0.3) is 0 Å². The van der Waals surface area contributed by atoms with E-state index in [-0.39, 0.29) is 5.91 Å². The van der Waals surface area contributed by atoms with E-state index in [9.17, 15) is 4.79 Å². The van der Waals surface area contributed by atoms with Crippen molar-refractivity contribution in [2.45, 2.75) is 52.4 Å². The summed E-state index contributed by atoms with van der Waals surface area (Å²) in [7, 11) is 0. The predicted molar refractivity (Wildman–Crippen MR) is 80.2 cm³/mol. The zero-order valence-corrected chi connectivity index (χ0v) is 12.0. The van der Waals surface area contributed by atoms with Crippen molar-refractivity contribution in [3.63, 3.8) is 0 Å². The highest BCUT2D eigenvalue weighted by Gasteiger charge is 2.18. The molecule has 0 radical (unpaired) electrons. The molecule has 0 unspecified atom stereocenters. The van der Waals surface area contributed by atoms with Gasteiger partial charge in [-0.3, -0.25) is 4.79 Å². The first-order valence-corrected chi connectivity index (χ1v) is 7.23. The number of nitrogens with two attached hydrogens (primary N) is 1. The Kier molecular flexibility index (Phi) is 4.46. The lowest BCUT2D eigenvalue weighted by atomic mass is 9.87. The number of carbonyl (C=O) groups excluding carboxylic acids is 1. The van der Waals surface area contributed by atoms with Crippen LogP contribution in [0.4, 0.5) is 11.4 Å². The van der Waals surface area contributed by atoms with Gasteiger partial charge in [0.05, 0.1) is 0 Å². The number of nitrogen functional groups attached to an aromatic ring is 1. The second-order valence-electron chi connectivity index (χ2n) is 5.73. The molecule has 1 fully saturated rings. The summed E-state index contributed by atoms with van der Waals surface area (Å²) in [4.78, 5) is 12.1. The van der Waals surface area contributed by atoms with Gasteiger partial charge in [-0.25, -0.2) is 0 Å². The van der Waals surface area contributed by atoms with Crippen LogP contribution in [0.3, 0.4) is 0 Å². The van der Waals surface area contributed by atoms with Crippen molar-refractivity contribution in [3.05, 3.63) is 23.3 Å². The summed E-state index contributed by atoms with van der Waals surface area (Å²) in [5.74, 6) is 0.694. The predicted octanol–water partition coefficient (Wildman–Crippen LogP) is 3.79. The maximum atomic E-state index is 12.1. The highest BCUT2D eigenvalue weighted by atomic mass is 16.1. The van der Waals surface area contributed by atoms with Gasteiger partial charge in [0, 0.05) is 17.8 Å². The minimum Gasteiger partial charge on any atom is -0.398 e. The second kappa shape index (κ2) is 6.09. The Morgan fingerprint density at radius 3 is 2.63 bits per heavy atom. The lowest BCUT2D eigenvalue weighted by molar-refractivity contribution is -0.117. The van der Waals surface area contributed by atoms with E-state index in [1.807, 2.05) is 26.0 Å². The van der Waals surface area contributed by atoms with Crippen molar-refractivity contribution in [2.24, 2.45) is 5.92 Å². The zero-order chi connectivity index (χ0) is 13.8. The van der Waals surface area contributed by atoms with Gasteiger partial charge >= 0.3 is 0 Å². The molecule has 1 amide bonds. The smallest absolute Gasteiger partial charge is 0.224 e. The molecule has 0 heterocycles. The number of benzene rings is 1. The molecule has 0 saturated heterocycles. The van der Waals surface area contributed by atoms with Gasteiger partial charge in [0.1, 0.15) is 0 Å². The molecule has 19 heavy (non-hydrogen) atoms. The number of hydrogen-bond acceptors (Lipinski definition) is 2. The van der Waals surface area contributed by atoms with E-state index in [0.717, 1.165) is 22.5 Å². The molecule has 3 N–H and O–H groups in total. The number of carbonyl (C=O) groups is 1. The quantitative estimate of drug-likeness (QED) is 0.812. The van der Waals surface area contributed by atoms with Crippen molar-refractivity contribution in [3.8, 4) is 0 Å². The van der Waals surface area contributed by atoms with Crippen LogP contribution in [0.2, 0.25) is 0 Å². The number of aryl methyl sites for hydroxylation is 1. The van der Waals surface area contributed by atoms with Gasteiger partial charge in [-0.2, -0.15) is 0 Å². The Balaban J connectivity index is 2.00. The normalized spacial score (nSPS) is 16.3. The van der Waals surface area contributed by atoms with E-state index in [4.69, 9.17) is 5.73 Å². The van der Waals surface area contributed by atoms with Crippen LogP contribution in [0.5, 0.6) is 0 Å². The molecule has 3 heteroatoms. The molecule has 3 nitrogen and oxygen atoms in total. The summed E-state index contributed by atoms with van der Waals surface area (Å²) >= 11 is 0. The summed E-state index contributed by atoms with van der Waals surface area (Å²) in [6, 6.07) is 3.85. The highest BCUT2D eigenvalue weighted by Crippen LogP contribution is 2.28. The van der Waals surface area contributed by atoms with Crippen molar-refractivity contribution in [1.82, 2.24) is 0 Å². The van der Waals surface area contributed by atoms with Crippen LogP contribution < -0.4 is 11.1 Å². The van der Waals surface area contributed by atoms with Crippen LogP contribution in [0.1, 0.15) is 49.7 Å². The minimum atomic E-state index is 0.128. The monoisotopic (exact) mass is 260 g/mol. The lowest BCUT2D eigenvalue weighted by Crippen LogP contribution is -2.19. The summed E-state index contributed by atoms with van der Waals surface area (Å²) in [6.45, 7) is 3.96. The van der Waals surface area contributed by atoms with Gasteiger partial charge in [-0.15, -0.1) is 0 Å². The average Bonchev–Trinajstić information content (AvgIpc) is 2.40. The number of anilines is 2. The fourth-order valence-corrected chi connectivity index (χ4v) is 2.90. The minimum absolute atomic E-state index is 0.128. The Morgan fingerprint density at radius 1 is 1.26 bits per heavy atom. The summed E-state index contributed by atoms with van der Waals surface area (Å²) in [6.07, 6.45) is 6.91. The topological polar surface area (TPSA) is 55.1 Å². The molecule has 1 saturated carbocycles. The molecule has 104 valence electrons. The van der Waals surface area contributed by atoms with E-state index in [2.05, 4.69) is 5.32 Å². The van der Waals surface area contributed by atoms with Gasteiger partial charge in [0.2, 0.25) is 5.91 Å². The molecule has 0 bridgehead atoms. The Bertz CT molecular complexity index is 462. The van der Waals surface area contributed by atoms with Crippen LogP contribution in [0.25, 0.3) is 0 Å². The maximum Gasteiger partial charge on any atom is 0.224 e. The lowest BCUT2D eigenvalue weighted by Gasteiger charge is -2.21. The van der Waals surface area contributed by atoms with Crippen LogP contribution in [-0.2, 0) is 4.79 Å². The van der Waals surface area contributed by atoms with Crippen LogP contribution in [-0.4, -0.2) is 5.91 Å². The van der Waals surface area contributed by atoms with E-state index >= 15 is 0 Å². The third kappa shape index (κ3) is 3.49. The molecule has 0 aliphatic heterocycles. The largest absolute Gasteiger partial charge is 0.398 e. The van der Waals surface area contributed by atoms with Gasteiger partial charge in [-0.1, -0.05) is 25.3 Å². The SMILES string of the molecule is Cc1ccc(N)c(C)c1NC(=O)CC1CCCCC1. The molecule has 1 aliphatic carbocycles. The molecule has 0 atom stereocenters. The van der Waals surface area contributed by atoms with E-state index < -0.39 is 0 Å². The number of amides is 1. The zero-order valence-electron chi connectivity index (χ0n) is 12.0. The fourth-order valence-electron chi connectivity index (χ4n) is 2.90. The molecule has 1 aliphatic rings. The first-order valence-electron chi connectivity index (χ1n) is 7.23. The van der Waals surface area contributed by atoms with Gasteiger partial charge < -0.3 is 11.1 Å². The number of nitrogens with one attached hydrogen (secondary N) is 1. The molecule has 0 spiro atoms. The molecule has 1 aromatic carbocycles. The summed E-state index contributed by atoms with van der Waals surface area (Å²) in [5.41, 5.74) is 9.56. The van der Waals surface area contributed by atoms with E-state index in [0.29, 0.717) is 12.3 Å². The number of rotatable bonds is 3. The summed E-state index contributed by atoms with van der Waals surface area (Å²) < 4.78 is 0. The first kappa shape index (κ1) is 13.9. The third-order valence-electron chi connectivity index (χ3n) is 4.18. The van der Waals surface area contributed by atoms with Gasteiger partial charge in [0.15, 0.2) is 0 Å². The first-order chi connectivity index (χ1) is 9.08. The third-order valence-corrected chi connectivity index (χ3v) is 4.18. The molecule has 1 aromatic rings. The Morgan fingerprint density at radius 2 is 1.95 bits per heavy atom. The Labute approximate surface area is 115 Å². The van der Waals surface area contributed by atoms with Crippen LogP contribution >= 0.6 is 0 Å². The van der Waals surface area contributed by atoms with Crippen LogP contribution in [0.15, 0.2) is 12.1 Å². The second-order valence-corrected chi connectivity index (χ2v) is 5.73. The van der Waals surface area contributed by atoms with Crippen molar-refractivity contribution in [2.75, 3.05) is 11.1 Å². The van der Waals surface area contributed by atoms with Gasteiger partial charge in [-0.05, 0) is 49.8 Å². The Hall–Kier alpha value is -1.51. The standard InChI is InChI=1S/C16H24N2O/c1-11-8-9-14(17)12(2)16(11)18-15(19)10-13-6-4-3-5-7-13/h8-9,13H,3-7,10,17H2,1-2H3,(H,18,19). The molecular formula is C16H24N2O. The van der Waals surface area contributed by atoms with Crippen molar-refractivity contribution >= 4 is 17.3 Å². The maximum absolute atomic E-state index is 12.1. The highest BCUT2D eigenvalue weighted by molar-refractivity contribution is 5.93. The molecule has 0 aromatic heterocycles. The fraction of sp³-hybridized carbons (Fsp3) is 0.562. The van der Waals surface area contributed by atoms with Crippen molar-refractivity contribution < 1.29 is 4.79 Å². The van der Waals surface area contributed by atoms with E-state index in [1.54, 1.807) is 0 Å². The summed E-state index contributed by atoms with van der Waals surface area (Å²) in [5, 5.41) is 3.05. The van der Waals surface area contributed by atoms with Crippen molar-refractivity contribution in [1.29, 1.82) is 0 Å². The molecule has 2 rings (SSSR count). The molecular weight excluding hydrogens is 236 g/mol. The van der Waals surface area contributed by atoms with Crippen LogP contribution in [0, 0.1) is 19.8 Å². The number of hydrogen-bond donors (Lipinski definition) is 2.